The summed E-state index contributed by atoms with van der Waals surface area (Å²) in [4.78, 5) is 12.7. The van der Waals surface area contributed by atoms with Crippen molar-refractivity contribution in [2.45, 2.75) is 50.3 Å². The van der Waals surface area contributed by atoms with Gasteiger partial charge in [-0.05, 0) is 53.7 Å². The van der Waals surface area contributed by atoms with Crippen molar-refractivity contribution in [1.82, 2.24) is 4.31 Å². The van der Waals surface area contributed by atoms with Gasteiger partial charge in [-0.15, -0.1) is 0 Å². The number of hydrogen-bond donors (Lipinski definition) is 1. The van der Waals surface area contributed by atoms with Crippen LogP contribution in [-0.2, 0) is 20.2 Å². The summed E-state index contributed by atoms with van der Waals surface area (Å²) in [5.41, 5.74) is 2.31. The van der Waals surface area contributed by atoms with Crippen molar-refractivity contribution in [3.63, 3.8) is 0 Å². The fourth-order valence-corrected chi connectivity index (χ4v) is 5.54. The predicted molar refractivity (Wildman–Crippen MR) is 128 cm³/mol. The van der Waals surface area contributed by atoms with Crippen molar-refractivity contribution in [3.8, 4) is 5.75 Å². The van der Waals surface area contributed by atoms with E-state index >= 15 is 0 Å². The molecule has 0 radical (unpaired) electrons. The van der Waals surface area contributed by atoms with Gasteiger partial charge in [0.25, 0.3) is 0 Å². The number of carbonyl (C=O) groups excluding carboxylic acids is 1. The van der Waals surface area contributed by atoms with Gasteiger partial charge < -0.3 is 10.1 Å². The minimum atomic E-state index is -3.66. The molecule has 0 aromatic heterocycles. The van der Waals surface area contributed by atoms with E-state index in [-0.39, 0.29) is 16.2 Å². The third-order valence-corrected chi connectivity index (χ3v) is 7.46. The summed E-state index contributed by atoms with van der Waals surface area (Å²) in [6, 6.07) is 12.6. The van der Waals surface area contributed by atoms with Gasteiger partial charge >= 0.3 is 0 Å². The Labute approximate surface area is 191 Å². The highest BCUT2D eigenvalue weighted by Gasteiger charge is 2.29. The van der Waals surface area contributed by atoms with E-state index in [1.54, 1.807) is 24.3 Å². The Bertz CT molecular complexity index is 1100. The van der Waals surface area contributed by atoms with E-state index in [0.717, 1.165) is 30.5 Å². The molecule has 0 aliphatic carbocycles. The maximum Gasteiger partial charge on any atom is 0.248 e. The van der Waals surface area contributed by atoms with Crippen molar-refractivity contribution in [3.05, 3.63) is 59.7 Å². The van der Waals surface area contributed by atoms with E-state index in [2.05, 4.69) is 26.1 Å². The lowest BCUT2D eigenvalue weighted by Gasteiger charge is -2.26. The van der Waals surface area contributed by atoms with E-state index in [9.17, 15) is 13.2 Å². The summed E-state index contributed by atoms with van der Waals surface area (Å²) >= 11 is 0. The van der Waals surface area contributed by atoms with Crippen molar-refractivity contribution >= 4 is 27.7 Å². The van der Waals surface area contributed by atoms with Crippen LogP contribution in [0.4, 0.5) is 5.69 Å². The van der Waals surface area contributed by atoms with Crippen LogP contribution in [0.15, 0.2) is 53.4 Å². The average molecular weight is 457 g/mol. The molecule has 6 nitrogen and oxygen atoms in total. The number of para-hydroxylation sites is 1. The van der Waals surface area contributed by atoms with Crippen LogP contribution in [0.25, 0.3) is 6.08 Å². The molecule has 0 bridgehead atoms. The van der Waals surface area contributed by atoms with Crippen LogP contribution in [0.2, 0.25) is 0 Å². The molecule has 1 aliphatic heterocycles. The Morgan fingerprint density at radius 1 is 1.06 bits per heavy atom. The van der Waals surface area contributed by atoms with E-state index in [0.29, 0.717) is 24.4 Å². The topological polar surface area (TPSA) is 75.7 Å². The quantitative estimate of drug-likeness (QED) is 0.633. The first-order chi connectivity index (χ1) is 15.1. The molecule has 172 valence electrons. The molecule has 32 heavy (non-hydrogen) atoms. The van der Waals surface area contributed by atoms with Gasteiger partial charge in [0.1, 0.15) is 10.6 Å². The Balaban J connectivity index is 1.82. The number of amides is 1. The Kier molecular flexibility index (Phi) is 7.41. The Morgan fingerprint density at radius 2 is 1.75 bits per heavy atom. The summed E-state index contributed by atoms with van der Waals surface area (Å²) in [6.07, 6.45) is 5.79. The molecule has 0 atom stereocenters. The molecule has 2 aromatic rings. The second-order valence-electron chi connectivity index (χ2n) is 8.99. The fourth-order valence-electron chi connectivity index (χ4n) is 3.84. The first kappa shape index (κ1) is 24.0. The third kappa shape index (κ3) is 5.58. The zero-order chi connectivity index (χ0) is 23.4. The summed E-state index contributed by atoms with van der Waals surface area (Å²) in [5.74, 6) is 0.0224. The van der Waals surface area contributed by atoms with E-state index in [4.69, 9.17) is 4.74 Å². The lowest BCUT2D eigenvalue weighted by molar-refractivity contribution is -0.111. The molecule has 1 N–H and O–H groups in total. The lowest BCUT2D eigenvalue weighted by Crippen LogP contribution is -2.35. The standard InChI is InChI=1S/C25H32N2O4S/c1-25(2,3)20-10-6-7-11-21(20)26-24(28)15-13-19-12-14-22(31-4)23(18-19)32(29,30)27-16-8-5-9-17-27/h6-7,10-15,18H,5,8-9,16-17H2,1-4H3,(H,26,28). The largest absolute Gasteiger partial charge is 0.495 e. The number of sulfonamides is 1. The monoisotopic (exact) mass is 456 g/mol. The van der Waals surface area contributed by atoms with Gasteiger partial charge in [-0.2, -0.15) is 4.31 Å². The van der Waals surface area contributed by atoms with Crippen molar-refractivity contribution in [2.24, 2.45) is 0 Å². The van der Waals surface area contributed by atoms with E-state index < -0.39 is 10.0 Å². The molecule has 1 heterocycles. The minimum absolute atomic E-state index is 0.110. The number of rotatable bonds is 6. The smallest absolute Gasteiger partial charge is 0.248 e. The van der Waals surface area contributed by atoms with Gasteiger partial charge in [-0.1, -0.05) is 51.5 Å². The molecule has 1 saturated heterocycles. The SMILES string of the molecule is COc1ccc(C=CC(=O)Nc2ccccc2C(C)(C)C)cc1S(=O)(=O)N1CCCCC1. The number of hydrogen-bond acceptors (Lipinski definition) is 4. The van der Waals surface area contributed by atoms with Crippen molar-refractivity contribution < 1.29 is 17.9 Å². The number of nitrogens with zero attached hydrogens (tertiary/aromatic N) is 1. The number of carbonyl (C=O) groups is 1. The van der Waals surface area contributed by atoms with Crippen LogP contribution in [-0.4, -0.2) is 38.8 Å². The molecule has 2 aromatic carbocycles. The lowest BCUT2D eigenvalue weighted by atomic mass is 9.86. The number of piperidine rings is 1. The molecule has 7 heteroatoms. The van der Waals surface area contributed by atoms with Gasteiger partial charge in [0.2, 0.25) is 15.9 Å². The molecule has 0 unspecified atom stereocenters. The van der Waals surface area contributed by atoms with Crippen LogP contribution in [0, 0.1) is 0 Å². The first-order valence-corrected chi connectivity index (χ1v) is 12.3. The van der Waals surface area contributed by atoms with E-state index in [1.807, 2.05) is 24.3 Å². The summed E-state index contributed by atoms with van der Waals surface area (Å²) < 4.78 is 33.2. The zero-order valence-electron chi connectivity index (χ0n) is 19.2. The number of ether oxygens (including phenoxy) is 1. The number of nitrogens with one attached hydrogen (secondary N) is 1. The van der Waals surface area contributed by atoms with Crippen LogP contribution in [0.1, 0.15) is 51.2 Å². The highest BCUT2D eigenvalue weighted by molar-refractivity contribution is 7.89. The van der Waals surface area contributed by atoms with Gasteiger partial charge in [0.05, 0.1) is 7.11 Å². The second-order valence-corrected chi connectivity index (χ2v) is 10.9. The molecule has 0 saturated carbocycles. The molecule has 3 rings (SSSR count). The maximum atomic E-state index is 13.2. The molecule has 0 spiro atoms. The molecule has 1 amide bonds. The summed E-state index contributed by atoms with van der Waals surface area (Å²) in [7, 11) is -2.20. The van der Waals surface area contributed by atoms with Crippen LogP contribution in [0.5, 0.6) is 5.75 Å². The predicted octanol–water partition coefficient (Wildman–Crippen LogP) is 4.82. The molecule has 1 aliphatic rings. The van der Waals surface area contributed by atoms with Crippen LogP contribution >= 0.6 is 0 Å². The molecule has 1 fully saturated rings. The van der Waals surface area contributed by atoms with Gasteiger partial charge in [-0.25, -0.2) is 8.42 Å². The summed E-state index contributed by atoms with van der Waals surface area (Å²) in [6.45, 7) is 7.31. The molecular formula is C25H32N2O4S. The molecular weight excluding hydrogens is 424 g/mol. The number of anilines is 1. The van der Waals surface area contributed by atoms with E-state index in [1.165, 1.54) is 17.5 Å². The normalized spacial score (nSPS) is 15.6. The Hall–Kier alpha value is -2.64. The van der Waals surface area contributed by atoms with Gasteiger partial charge in [0, 0.05) is 24.9 Å². The maximum absolute atomic E-state index is 13.2. The second kappa shape index (κ2) is 9.88. The zero-order valence-corrected chi connectivity index (χ0v) is 20.0. The highest BCUT2D eigenvalue weighted by Crippen LogP contribution is 2.31. The number of methoxy groups -OCH3 is 1. The van der Waals surface area contributed by atoms with Crippen molar-refractivity contribution in [2.75, 3.05) is 25.5 Å². The fraction of sp³-hybridized carbons (Fsp3) is 0.400. The summed E-state index contributed by atoms with van der Waals surface area (Å²) in [5, 5.41) is 2.93. The highest BCUT2D eigenvalue weighted by atomic mass is 32.2. The third-order valence-electron chi connectivity index (χ3n) is 5.54. The Morgan fingerprint density at radius 3 is 2.41 bits per heavy atom. The number of benzene rings is 2. The van der Waals surface area contributed by atoms with Crippen molar-refractivity contribution in [1.29, 1.82) is 0 Å². The van der Waals surface area contributed by atoms with Gasteiger partial charge in [0.15, 0.2) is 0 Å². The van der Waals surface area contributed by atoms with Crippen LogP contribution < -0.4 is 10.1 Å². The average Bonchev–Trinajstić information content (AvgIpc) is 2.77. The van der Waals surface area contributed by atoms with Gasteiger partial charge in [-0.3, -0.25) is 4.79 Å². The first-order valence-electron chi connectivity index (χ1n) is 10.9. The minimum Gasteiger partial charge on any atom is -0.495 e. The van der Waals surface area contributed by atoms with Crippen LogP contribution in [0.3, 0.4) is 0 Å².